The summed E-state index contributed by atoms with van der Waals surface area (Å²) in [6, 6.07) is 23.6. The van der Waals surface area contributed by atoms with Gasteiger partial charge in [0.25, 0.3) is 0 Å². The Labute approximate surface area is 253 Å². The standard InChI is InChI=1S/C34H38ClN5O2/c1-3-40(33(42)37(2)32-14-11-29(22-31(32)35)28-8-6-7-27(21-28)23-36)34(25-41)15-19-38(20-16-34)24-26-9-12-30(13-10-26)39-17-4-5-18-39/h6-14,21-22,25H,3-5,15-20,24H2,1-2H3. The summed E-state index contributed by atoms with van der Waals surface area (Å²) in [7, 11) is 1.70. The average molecular weight is 584 g/mol. The summed E-state index contributed by atoms with van der Waals surface area (Å²) >= 11 is 6.68. The molecule has 2 fully saturated rings. The lowest BCUT2D eigenvalue weighted by molar-refractivity contribution is -0.119. The number of likely N-dealkylation sites (tertiary alicyclic amines) is 1. The molecule has 2 amide bonds. The van der Waals surface area contributed by atoms with Crippen LogP contribution in [-0.2, 0) is 11.3 Å². The van der Waals surface area contributed by atoms with E-state index in [4.69, 9.17) is 11.6 Å². The number of rotatable bonds is 8. The molecular weight excluding hydrogens is 546 g/mol. The zero-order chi connectivity index (χ0) is 29.7. The van der Waals surface area contributed by atoms with Crippen LogP contribution in [0.3, 0.4) is 0 Å². The quantitative estimate of drug-likeness (QED) is 0.280. The highest BCUT2D eigenvalue weighted by Crippen LogP contribution is 2.34. The Hall–Kier alpha value is -3.86. The molecule has 2 heterocycles. The molecule has 0 radical (unpaired) electrons. The van der Waals surface area contributed by atoms with E-state index in [1.807, 2.05) is 37.3 Å². The molecule has 0 saturated carbocycles. The van der Waals surface area contributed by atoms with Crippen LogP contribution in [0.1, 0.15) is 43.7 Å². The van der Waals surface area contributed by atoms with Crippen LogP contribution in [-0.4, -0.2) is 67.4 Å². The third-order valence-electron chi connectivity index (χ3n) is 8.76. The SMILES string of the molecule is CCN(C(=O)N(C)c1ccc(-c2cccc(C#N)c2)cc1Cl)C1(C=O)CCN(Cc2ccc(N3CCCC3)cc2)CC1. The van der Waals surface area contributed by atoms with Crippen molar-refractivity contribution < 1.29 is 9.59 Å². The molecule has 0 atom stereocenters. The first-order valence-corrected chi connectivity index (χ1v) is 15.1. The van der Waals surface area contributed by atoms with Gasteiger partial charge in [-0.25, -0.2) is 4.79 Å². The van der Waals surface area contributed by atoms with Crippen LogP contribution in [0.25, 0.3) is 11.1 Å². The van der Waals surface area contributed by atoms with Gasteiger partial charge in [-0.1, -0.05) is 41.9 Å². The number of aldehydes is 1. The molecule has 0 spiro atoms. The fourth-order valence-corrected chi connectivity index (χ4v) is 6.55. The van der Waals surface area contributed by atoms with Crippen molar-refractivity contribution in [3.63, 3.8) is 0 Å². The zero-order valence-corrected chi connectivity index (χ0v) is 25.2. The van der Waals surface area contributed by atoms with Crippen LogP contribution in [0.4, 0.5) is 16.2 Å². The number of hydrogen-bond donors (Lipinski definition) is 0. The molecule has 42 heavy (non-hydrogen) atoms. The molecule has 3 aromatic carbocycles. The molecule has 7 nitrogen and oxygen atoms in total. The van der Waals surface area contributed by atoms with Crippen molar-refractivity contribution in [1.82, 2.24) is 9.80 Å². The van der Waals surface area contributed by atoms with Crippen LogP contribution in [0.2, 0.25) is 5.02 Å². The Bertz CT molecular complexity index is 1450. The number of halogens is 1. The van der Waals surface area contributed by atoms with E-state index in [0.29, 0.717) is 35.7 Å². The van der Waals surface area contributed by atoms with Crippen molar-refractivity contribution >= 4 is 35.3 Å². The highest BCUT2D eigenvalue weighted by molar-refractivity contribution is 6.34. The number of nitriles is 1. The van der Waals surface area contributed by atoms with Gasteiger partial charge < -0.3 is 14.6 Å². The molecule has 0 N–H and O–H groups in total. The van der Waals surface area contributed by atoms with Crippen LogP contribution < -0.4 is 9.80 Å². The van der Waals surface area contributed by atoms with Crippen molar-refractivity contribution in [3.05, 3.63) is 82.9 Å². The van der Waals surface area contributed by atoms with Gasteiger partial charge in [-0.15, -0.1) is 0 Å². The summed E-state index contributed by atoms with van der Waals surface area (Å²) in [4.78, 5) is 34.5. The number of carbonyl (C=O) groups excluding carboxylic acids is 2. The van der Waals surface area contributed by atoms with Gasteiger partial charge in [0.15, 0.2) is 0 Å². The summed E-state index contributed by atoms with van der Waals surface area (Å²) in [5.41, 5.74) is 4.56. The van der Waals surface area contributed by atoms with E-state index in [-0.39, 0.29) is 6.03 Å². The number of urea groups is 1. The first kappa shape index (κ1) is 29.6. The number of hydrogen-bond acceptors (Lipinski definition) is 5. The van der Waals surface area contributed by atoms with E-state index in [9.17, 15) is 14.9 Å². The normalized spacial score (nSPS) is 16.6. The molecule has 2 aliphatic rings. The number of amides is 2. The maximum absolute atomic E-state index is 13.8. The van der Waals surface area contributed by atoms with Crippen LogP contribution in [0.5, 0.6) is 0 Å². The van der Waals surface area contributed by atoms with E-state index >= 15 is 0 Å². The van der Waals surface area contributed by atoms with Gasteiger partial charge in [-0.3, -0.25) is 9.80 Å². The molecule has 8 heteroatoms. The lowest BCUT2D eigenvalue weighted by Crippen LogP contribution is -2.60. The van der Waals surface area contributed by atoms with Crippen molar-refractivity contribution in [1.29, 1.82) is 5.26 Å². The van der Waals surface area contributed by atoms with Crippen molar-refractivity contribution in [3.8, 4) is 17.2 Å². The second-order valence-electron chi connectivity index (χ2n) is 11.3. The fraction of sp³-hybridized carbons (Fsp3) is 0.382. The van der Waals surface area contributed by atoms with Gasteiger partial charge in [0.1, 0.15) is 11.8 Å². The number of nitrogens with zero attached hydrogens (tertiary/aromatic N) is 5. The van der Waals surface area contributed by atoms with Crippen molar-refractivity contribution in [2.75, 3.05) is 49.6 Å². The predicted octanol–water partition coefficient (Wildman–Crippen LogP) is 6.59. The van der Waals surface area contributed by atoms with Crippen molar-refractivity contribution in [2.45, 2.75) is 44.7 Å². The molecular formula is C34H38ClN5O2. The number of anilines is 2. The average Bonchev–Trinajstić information content (AvgIpc) is 3.57. The Morgan fingerprint density at radius 2 is 1.69 bits per heavy atom. The molecule has 0 bridgehead atoms. The molecule has 0 aromatic heterocycles. The Kier molecular flexibility index (Phi) is 9.15. The largest absolute Gasteiger partial charge is 0.372 e. The maximum atomic E-state index is 13.8. The Morgan fingerprint density at radius 1 is 1.00 bits per heavy atom. The van der Waals surface area contributed by atoms with E-state index in [1.54, 1.807) is 24.1 Å². The highest BCUT2D eigenvalue weighted by atomic mass is 35.5. The van der Waals surface area contributed by atoms with Gasteiger partial charge in [0.05, 0.1) is 22.3 Å². The molecule has 2 aliphatic heterocycles. The second-order valence-corrected chi connectivity index (χ2v) is 11.7. The lowest BCUT2D eigenvalue weighted by atomic mass is 9.87. The van der Waals surface area contributed by atoms with E-state index < -0.39 is 5.54 Å². The van der Waals surface area contributed by atoms with Crippen LogP contribution >= 0.6 is 11.6 Å². The number of benzene rings is 3. The molecule has 3 aromatic rings. The second kappa shape index (κ2) is 13.0. The summed E-state index contributed by atoms with van der Waals surface area (Å²) < 4.78 is 0. The number of carbonyl (C=O) groups is 2. The minimum Gasteiger partial charge on any atom is -0.372 e. The van der Waals surface area contributed by atoms with Crippen LogP contribution in [0, 0.1) is 11.3 Å². The summed E-state index contributed by atoms with van der Waals surface area (Å²) in [6.07, 6.45) is 4.66. The third kappa shape index (κ3) is 6.16. The fourth-order valence-electron chi connectivity index (χ4n) is 6.25. The molecule has 218 valence electrons. The first-order valence-electron chi connectivity index (χ1n) is 14.8. The molecule has 2 saturated heterocycles. The predicted molar refractivity (Wildman–Crippen MR) is 169 cm³/mol. The van der Waals surface area contributed by atoms with Gasteiger partial charge >= 0.3 is 6.03 Å². The topological polar surface area (TPSA) is 70.9 Å². The van der Waals surface area contributed by atoms with Crippen LogP contribution in [0.15, 0.2) is 66.7 Å². The molecule has 5 rings (SSSR count). The maximum Gasteiger partial charge on any atom is 0.325 e. The monoisotopic (exact) mass is 583 g/mol. The van der Waals surface area contributed by atoms with Gasteiger partial charge in [-0.05, 0) is 85.7 Å². The number of likely N-dealkylation sites (N-methyl/N-ethyl adjacent to an activating group) is 1. The summed E-state index contributed by atoms with van der Waals surface area (Å²) in [6.45, 7) is 6.89. The van der Waals surface area contributed by atoms with Gasteiger partial charge in [0, 0.05) is 52.0 Å². The smallest absolute Gasteiger partial charge is 0.325 e. The Morgan fingerprint density at radius 3 is 2.31 bits per heavy atom. The van der Waals surface area contributed by atoms with Gasteiger partial charge in [0.2, 0.25) is 0 Å². The molecule has 0 unspecified atom stereocenters. The minimum absolute atomic E-state index is 0.253. The number of piperidine rings is 1. The van der Waals surface area contributed by atoms with E-state index in [1.165, 1.54) is 29.0 Å². The zero-order valence-electron chi connectivity index (χ0n) is 24.4. The van der Waals surface area contributed by atoms with E-state index in [0.717, 1.165) is 50.1 Å². The lowest BCUT2D eigenvalue weighted by Gasteiger charge is -2.46. The van der Waals surface area contributed by atoms with E-state index in [2.05, 4.69) is 40.1 Å². The van der Waals surface area contributed by atoms with Gasteiger partial charge in [-0.2, -0.15) is 5.26 Å². The minimum atomic E-state index is -0.861. The van der Waals surface area contributed by atoms with Crippen molar-refractivity contribution in [2.24, 2.45) is 0 Å². The first-order chi connectivity index (χ1) is 20.4. The highest BCUT2D eigenvalue weighted by Gasteiger charge is 2.43. The molecule has 0 aliphatic carbocycles. The summed E-state index contributed by atoms with van der Waals surface area (Å²) in [5.74, 6) is 0. The third-order valence-corrected chi connectivity index (χ3v) is 9.06. The Balaban J connectivity index is 1.24. The summed E-state index contributed by atoms with van der Waals surface area (Å²) in [5, 5.41) is 9.66.